The normalized spacial score (nSPS) is 10.6. The van der Waals surface area contributed by atoms with Crippen LogP contribution in [0.2, 0.25) is 0 Å². The molecule has 0 fully saturated rings. The van der Waals surface area contributed by atoms with Gasteiger partial charge in [-0.3, -0.25) is 4.68 Å². The zero-order chi connectivity index (χ0) is 11.4. The summed E-state index contributed by atoms with van der Waals surface area (Å²) in [5, 5.41) is 4.20. The zero-order valence-corrected chi connectivity index (χ0v) is 8.94. The lowest BCUT2D eigenvalue weighted by Crippen LogP contribution is -2.05. The van der Waals surface area contributed by atoms with Crippen LogP contribution in [0.3, 0.4) is 0 Å². The summed E-state index contributed by atoms with van der Waals surface area (Å²) < 4.78 is 14.8. The summed E-state index contributed by atoms with van der Waals surface area (Å²) in [6, 6.07) is 6.50. The van der Waals surface area contributed by atoms with Crippen LogP contribution in [0.25, 0.3) is 11.1 Å². The predicted molar refractivity (Wildman–Crippen MR) is 61.3 cm³/mol. The van der Waals surface area contributed by atoms with Gasteiger partial charge in [0, 0.05) is 18.3 Å². The largest absolute Gasteiger partial charge is 0.330 e. The van der Waals surface area contributed by atoms with Gasteiger partial charge in [0.1, 0.15) is 5.82 Å². The van der Waals surface area contributed by atoms with Gasteiger partial charge in [-0.2, -0.15) is 5.10 Å². The van der Waals surface area contributed by atoms with Crippen molar-refractivity contribution in [3.05, 3.63) is 42.5 Å². The van der Waals surface area contributed by atoms with Crippen molar-refractivity contribution in [2.24, 2.45) is 5.73 Å². The third-order valence-corrected chi connectivity index (χ3v) is 2.38. The molecule has 0 unspecified atom stereocenters. The number of nitrogens with two attached hydrogens (primary N) is 1. The number of aryl methyl sites for hydroxylation is 1. The van der Waals surface area contributed by atoms with E-state index in [4.69, 9.17) is 5.73 Å². The molecule has 0 spiro atoms. The Morgan fingerprint density at radius 1 is 1.31 bits per heavy atom. The molecule has 0 saturated heterocycles. The molecule has 84 valence electrons. The molecule has 4 heteroatoms. The lowest BCUT2D eigenvalue weighted by molar-refractivity contribution is 0.585. The second-order valence-electron chi connectivity index (χ2n) is 3.64. The molecule has 0 aliphatic rings. The van der Waals surface area contributed by atoms with Crippen LogP contribution in [0.15, 0.2) is 36.7 Å². The second kappa shape index (κ2) is 4.90. The topological polar surface area (TPSA) is 43.8 Å². The highest BCUT2D eigenvalue weighted by molar-refractivity contribution is 5.61. The van der Waals surface area contributed by atoms with Gasteiger partial charge in [-0.1, -0.05) is 12.1 Å². The maximum absolute atomic E-state index is 13.0. The number of benzene rings is 1. The number of hydrogen-bond donors (Lipinski definition) is 1. The van der Waals surface area contributed by atoms with Crippen LogP contribution in [-0.4, -0.2) is 16.3 Å². The maximum atomic E-state index is 13.0. The standard InChI is InChI=1S/C12H14FN3/c13-12-4-1-3-10(7-12)11-8-15-16(9-11)6-2-5-14/h1,3-4,7-9H,2,5-6,14H2. The molecular weight excluding hydrogens is 205 g/mol. The summed E-state index contributed by atoms with van der Waals surface area (Å²) in [6.45, 7) is 1.45. The summed E-state index contributed by atoms with van der Waals surface area (Å²) in [4.78, 5) is 0. The van der Waals surface area contributed by atoms with Crippen LogP contribution in [0.4, 0.5) is 4.39 Å². The highest BCUT2D eigenvalue weighted by Gasteiger charge is 2.02. The van der Waals surface area contributed by atoms with Crippen LogP contribution in [-0.2, 0) is 6.54 Å². The molecule has 0 saturated carbocycles. The Hall–Kier alpha value is -1.68. The van der Waals surface area contributed by atoms with Crippen molar-refractivity contribution in [1.82, 2.24) is 9.78 Å². The van der Waals surface area contributed by atoms with Crippen molar-refractivity contribution in [2.75, 3.05) is 6.54 Å². The van der Waals surface area contributed by atoms with Crippen molar-refractivity contribution in [1.29, 1.82) is 0 Å². The Balaban J connectivity index is 2.18. The first kappa shape index (κ1) is 10.8. The maximum Gasteiger partial charge on any atom is 0.123 e. The predicted octanol–water partition coefficient (Wildman–Crippen LogP) is 2.04. The molecule has 3 nitrogen and oxygen atoms in total. The van der Waals surface area contributed by atoms with Gasteiger partial charge in [0.2, 0.25) is 0 Å². The molecule has 1 heterocycles. The first-order valence-electron chi connectivity index (χ1n) is 5.28. The van der Waals surface area contributed by atoms with E-state index >= 15 is 0 Å². The minimum absolute atomic E-state index is 0.229. The summed E-state index contributed by atoms with van der Waals surface area (Å²) in [7, 11) is 0. The van der Waals surface area contributed by atoms with Crippen molar-refractivity contribution in [3.8, 4) is 11.1 Å². The molecule has 0 aliphatic carbocycles. The molecule has 0 amide bonds. The van der Waals surface area contributed by atoms with E-state index in [9.17, 15) is 4.39 Å². The van der Waals surface area contributed by atoms with Crippen LogP contribution < -0.4 is 5.73 Å². The fourth-order valence-electron chi connectivity index (χ4n) is 1.56. The molecule has 0 bridgehead atoms. The fraction of sp³-hybridized carbons (Fsp3) is 0.250. The Morgan fingerprint density at radius 3 is 2.94 bits per heavy atom. The number of rotatable bonds is 4. The van der Waals surface area contributed by atoms with Crippen LogP contribution in [0.1, 0.15) is 6.42 Å². The minimum Gasteiger partial charge on any atom is -0.330 e. The zero-order valence-electron chi connectivity index (χ0n) is 8.94. The van der Waals surface area contributed by atoms with E-state index in [0.717, 1.165) is 24.1 Å². The average molecular weight is 219 g/mol. The average Bonchev–Trinajstić information content (AvgIpc) is 2.75. The summed E-state index contributed by atoms with van der Waals surface area (Å²) in [6.07, 6.45) is 4.54. The van der Waals surface area contributed by atoms with E-state index in [-0.39, 0.29) is 5.82 Å². The lowest BCUT2D eigenvalue weighted by atomic mass is 10.1. The molecule has 16 heavy (non-hydrogen) atoms. The van der Waals surface area contributed by atoms with Crippen LogP contribution >= 0.6 is 0 Å². The van der Waals surface area contributed by atoms with Crippen LogP contribution in [0.5, 0.6) is 0 Å². The van der Waals surface area contributed by atoms with Crippen molar-refractivity contribution < 1.29 is 4.39 Å². The Morgan fingerprint density at radius 2 is 2.19 bits per heavy atom. The van der Waals surface area contributed by atoms with Gasteiger partial charge in [0.15, 0.2) is 0 Å². The molecule has 0 atom stereocenters. The molecule has 1 aromatic heterocycles. The summed E-state index contributed by atoms with van der Waals surface area (Å²) >= 11 is 0. The number of aromatic nitrogens is 2. The number of nitrogens with zero attached hydrogens (tertiary/aromatic N) is 2. The van der Waals surface area contributed by atoms with Crippen molar-refractivity contribution >= 4 is 0 Å². The number of hydrogen-bond acceptors (Lipinski definition) is 2. The second-order valence-corrected chi connectivity index (χ2v) is 3.64. The smallest absolute Gasteiger partial charge is 0.123 e. The Labute approximate surface area is 93.7 Å². The summed E-state index contributed by atoms with van der Waals surface area (Å²) in [5.41, 5.74) is 7.20. The SMILES string of the molecule is NCCCn1cc(-c2cccc(F)c2)cn1. The van der Waals surface area contributed by atoms with Gasteiger partial charge in [-0.15, -0.1) is 0 Å². The highest BCUT2D eigenvalue weighted by atomic mass is 19.1. The third kappa shape index (κ3) is 2.46. The van der Waals surface area contributed by atoms with Gasteiger partial charge in [-0.05, 0) is 30.7 Å². The number of halogens is 1. The molecule has 2 rings (SSSR count). The first-order chi connectivity index (χ1) is 7.79. The van der Waals surface area contributed by atoms with E-state index < -0.39 is 0 Å². The fourth-order valence-corrected chi connectivity index (χ4v) is 1.56. The molecule has 2 aromatic rings. The Kier molecular flexibility index (Phi) is 3.31. The minimum atomic E-state index is -0.229. The van der Waals surface area contributed by atoms with E-state index in [1.54, 1.807) is 12.3 Å². The van der Waals surface area contributed by atoms with Crippen molar-refractivity contribution in [3.63, 3.8) is 0 Å². The van der Waals surface area contributed by atoms with E-state index in [2.05, 4.69) is 5.10 Å². The van der Waals surface area contributed by atoms with Crippen LogP contribution in [0, 0.1) is 5.82 Å². The van der Waals surface area contributed by atoms with E-state index in [1.807, 2.05) is 16.9 Å². The van der Waals surface area contributed by atoms with E-state index in [1.165, 1.54) is 12.1 Å². The molecule has 0 radical (unpaired) electrons. The molecular formula is C12H14FN3. The van der Waals surface area contributed by atoms with Gasteiger partial charge in [0.25, 0.3) is 0 Å². The molecule has 2 N–H and O–H groups in total. The van der Waals surface area contributed by atoms with Gasteiger partial charge >= 0.3 is 0 Å². The van der Waals surface area contributed by atoms with Gasteiger partial charge in [-0.25, -0.2) is 4.39 Å². The third-order valence-electron chi connectivity index (χ3n) is 2.38. The highest BCUT2D eigenvalue weighted by Crippen LogP contribution is 2.19. The first-order valence-corrected chi connectivity index (χ1v) is 5.28. The van der Waals surface area contributed by atoms with Gasteiger partial charge < -0.3 is 5.73 Å². The van der Waals surface area contributed by atoms with E-state index in [0.29, 0.717) is 6.54 Å². The molecule has 1 aromatic carbocycles. The molecule has 0 aliphatic heterocycles. The summed E-state index contributed by atoms with van der Waals surface area (Å²) in [5.74, 6) is -0.229. The van der Waals surface area contributed by atoms with Crippen molar-refractivity contribution in [2.45, 2.75) is 13.0 Å². The monoisotopic (exact) mass is 219 g/mol. The lowest BCUT2D eigenvalue weighted by Gasteiger charge is -1.98. The van der Waals surface area contributed by atoms with Gasteiger partial charge in [0.05, 0.1) is 6.20 Å². The Bertz CT molecular complexity index is 465. The quantitative estimate of drug-likeness (QED) is 0.855.